The van der Waals surface area contributed by atoms with Gasteiger partial charge in [-0.2, -0.15) is 0 Å². The first-order chi connectivity index (χ1) is 13.5. The van der Waals surface area contributed by atoms with Crippen LogP contribution >= 0.6 is 12.2 Å². The van der Waals surface area contributed by atoms with Gasteiger partial charge in [0.1, 0.15) is 11.4 Å². The van der Waals surface area contributed by atoms with Gasteiger partial charge in [0.15, 0.2) is 16.6 Å². The van der Waals surface area contributed by atoms with Crippen LogP contribution in [0.25, 0.3) is 6.08 Å². The molecule has 0 bridgehead atoms. The summed E-state index contributed by atoms with van der Waals surface area (Å²) in [5.74, 6) is -0.399. The van der Waals surface area contributed by atoms with Crippen LogP contribution in [0.15, 0.2) is 42.0 Å². The summed E-state index contributed by atoms with van der Waals surface area (Å²) in [5.41, 5.74) is 0.705. The fraction of sp³-hybridized carbons (Fsp3) is 0.105. The van der Waals surface area contributed by atoms with E-state index in [9.17, 15) is 14.0 Å². The Kier molecular flexibility index (Phi) is 4.44. The summed E-state index contributed by atoms with van der Waals surface area (Å²) < 4.78 is 29.2. The number of hydrogen-bond acceptors (Lipinski definition) is 6. The number of benzene rings is 2. The third kappa shape index (κ3) is 3.05. The zero-order valence-corrected chi connectivity index (χ0v) is 15.3. The molecule has 7 nitrogen and oxygen atoms in total. The van der Waals surface area contributed by atoms with Crippen molar-refractivity contribution in [3.63, 3.8) is 0 Å². The van der Waals surface area contributed by atoms with Crippen LogP contribution in [0.2, 0.25) is 0 Å². The number of thiocarbonyl (C=S) groups is 1. The summed E-state index contributed by atoms with van der Waals surface area (Å²) in [6.07, 6.45) is 1.40. The van der Waals surface area contributed by atoms with Gasteiger partial charge in [-0.1, -0.05) is 0 Å². The highest BCUT2D eigenvalue weighted by Gasteiger charge is 2.34. The van der Waals surface area contributed by atoms with Crippen molar-refractivity contribution in [2.75, 3.05) is 18.8 Å². The first-order valence-electron chi connectivity index (χ1n) is 8.12. The molecule has 2 aromatic rings. The zero-order chi connectivity index (χ0) is 19.8. The first kappa shape index (κ1) is 17.9. The summed E-state index contributed by atoms with van der Waals surface area (Å²) in [7, 11) is 1.47. The van der Waals surface area contributed by atoms with Gasteiger partial charge < -0.3 is 14.2 Å². The van der Waals surface area contributed by atoms with Crippen molar-refractivity contribution < 1.29 is 28.2 Å². The number of carbonyl (C=O) groups excluding carboxylic acids is 2. The SMILES string of the molecule is COc1cc(/C=C2/C(=O)NC(=S)N(c3ccc(F)cc3)C2=O)cc2c1OCO2. The number of methoxy groups -OCH3 is 1. The van der Waals surface area contributed by atoms with Crippen LogP contribution in [0.4, 0.5) is 10.1 Å². The maximum Gasteiger partial charge on any atom is 0.270 e. The van der Waals surface area contributed by atoms with Crippen molar-refractivity contribution in [3.05, 3.63) is 53.4 Å². The molecule has 9 heteroatoms. The second kappa shape index (κ2) is 6.93. The minimum atomic E-state index is -0.634. The molecule has 1 N–H and O–H groups in total. The molecule has 1 fully saturated rings. The lowest BCUT2D eigenvalue weighted by atomic mass is 10.1. The summed E-state index contributed by atoms with van der Waals surface area (Å²) in [5, 5.41) is 2.39. The predicted octanol–water partition coefficient (Wildman–Crippen LogP) is 2.39. The van der Waals surface area contributed by atoms with E-state index in [2.05, 4.69) is 5.32 Å². The maximum absolute atomic E-state index is 13.2. The Hall–Kier alpha value is -3.46. The van der Waals surface area contributed by atoms with Crippen molar-refractivity contribution in [2.24, 2.45) is 0 Å². The van der Waals surface area contributed by atoms with E-state index >= 15 is 0 Å². The highest BCUT2D eigenvalue weighted by atomic mass is 32.1. The molecule has 2 heterocycles. The van der Waals surface area contributed by atoms with Crippen molar-refractivity contribution in [1.82, 2.24) is 5.32 Å². The third-order valence-electron chi connectivity index (χ3n) is 4.18. The van der Waals surface area contributed by atoms with E-state index in [1.165, 1.54) is 37.5 Å². The molecular weight excluding hydrogens is 387 g/mol. The molecular formula is C19H13FN2O5S. The van der Waals surface area contributed by atoms with Gasteiger partial charge in [-0.25, -0.2) is 4.39 Å². The second-order valence-corrected chi connectivity index (χ2v) is 6.28. The molecule has 2 aliphatic rings. The van der Waals surface area contributed by atoms with Gasteiger partial charge in [0, 0.05) is 0 Å². The average Bonchev–Trinajstić information content (AvgIpc) is 3.14. The number of amides is 2. The van der Waals surface area contributed by atoms with E-state index in [0.29, 0.717) is 28.5 Å². The number of carbonyl (C=O) groups is 2. The number of nitrogens with one attached hydrogen (secondary N) is 1. The van der Waals surface area contributed by atoms with Crippen LogP contribution in [0.1, 0.15) is 5.56 Å². The monoisotopic (exact) mass is 400 g/mol. The Balaban J connectivity index is 1.74. The quantitative estimate of drug-likeness (QED) is 0.484. The standard InChI is InChI=1S/C19H13FN2O5S/c1-25-14-7-10(8-15-16(14)27-9-26-15)6-13-17(23)21-19(28)22(18(13)24)12-4-2-11(20)3-5-12/h2-8H,9H2,1H3,(H,21,23,28)/b13-6-. The van der Waals surface area contributed by atoms with Gasteiger partial charge in [-0.05, 0) is 60.3 Å². The molecule has 0 unspecified atom stereocenters. The molecule has 28 heavy (non-hydrogen) atoms. The number of halogens is 1. The Labute approximate surface area is 164 Å². The van der Waals surface area contributed by atoms with Gasteiger partial charge in [0.2, 0.25) is 12.5 Å². The van der Waals surface area contributed by atoms with Gasteiger partial charge in [-0.15, -0.1) is 0 Å². The van der Waals surface area contributed by atoms with E-state index in [1.54, 1.807) is 12.1 Å². The minimum absolute atomic E-state index is 0.0533. The normalized spacial score (nSPS) is 17.1. The van der Waals surface area contributed by atoms with Crippen molar-refractivity contribution in [3.8, 4) is 17.2 Å². The lowest BCUT2D eigenvalue weighted by Gasteiger charge is -2.28. The number of rotatable bonds is 3. The Morgan fingerprint density at radius 3 is 2.68 bits per heavy atom. The zero-order valence-electron chi connectivity index (χ0n) is 14.5. The summed E-state index contributed by atoms with van der Waals surface area (Å²) in [4.78, 5) is 26.5. The number of hydrogen-bond donors (Lipinski definition) is 1. The van der Waals surface area contributed by atoms with Gasteiger partial charge >= 0.3 is 0 Å². The fourth-order valence-electron chi connectivity index (χ4n) is 2.88. The smallest absolute Gasteiger partial charge is 0.270 e. The van der Waals surface area contributed by atoms with E-state index < -0.39 is 17.6 Å². The topological polar surface area (TPSA) is 77.1 Å². The Morgan fingerprint density at radius 1 is 1.21 bits per heavy atom. The molecule has 0 aromatic heterocycles. The van der Waals surface area contributed by atoms with Crippen LogP contribution in [0.5, 0.6) is 17.2 Å². The predicted molar refractivity (Wildman–Crippen MR) is 102 cm³/mol. The lowest BCUT2D eigenvalue weighted by molar-refractivity contribution is -0.122. The van der Waals surface area contributed by atoms with Crippen molar-refractivity contribution in [1.29, 1.82) is 0 Å². The fourth-order valence-corrected chi connectivity index (χ4v) is 3.16. The molecule has 0 aliphatic carbocycles. The van der Waals surface area contributed by atoms with Crippen LogP contribution in [-0.4, -0.2) is 30.8 Å². The molecule has 0 spiro atoms. The van der Waals surface area contributed by atoms with Crippen molar-refractivity contribution in [2.45, 2.75) is 0 Å². The Bertz CT molecular complexity index is 1040. The minimum Gasteiger partial charge on any atom is -0.493 e. The Morgan fingerprint density at radius 2 is 1.96 bits per heavy atom. The van der Waals surface area contributed by atoms with E-state index in [0.717, 1.165) is 4.90 Å². The molecule has 2 amide bonds. The van der Waals surface area contributed by atoms with Crippen molar-refractivity contribution >= 4 is 40.9 Å². The highest BCUT2D eigenvalue weighted by molar-refractivity contribution is 7.80. The maximum atomic E-state index is 13.2. The van der Waals surface area contributed by atoms with Gasteiger partial charge in [-0.3, -0.25) is 19.8 Å². The molecule has 0 saturated carbocycles. The summed E-state index contributed by atoms with van der Waals surface area (Å²) in [6.45, 7) is 0.0533. The number of nitrogens with zero attached hydrogens (tertiary/aromatic N) is 1. The molecule has 1 saturated heterocycles. The molecule has 142 valence electrons. The molecule has 2 aliphatic heterocycles. The average molecular weight is 400 g/mol. The van der Waals surface area contributed by atoms with Crippen LogP contribution in [-0.2, 0) is 9.59 Å². The largest absolute Gasteiger partial charge is 0.493 e. The van der Waals surface area contributed by atoms with Crippen LogP contribution in [0.3, 0.4) is 0 Å². The highest BCUT2D eigenvalue weighted by Crippen LogP contribution is 2.42. The van der Waals surface area contributed by atoms with Gasteiger partial charge in [0.05, 0.1) is 12.8 Å². The summed E-state index contributed by atoms with van der Waals surface area (Å²) in [6, 6.07) is 8.46. The molecule has 4 rings (SSSR count). The molecule has 2 aromatic carbocycles. The lowest BCUT2D eigenvalue weighted by Crippen LogP contribution is -2.54. The van der Waals surface area contributed by atoms with Crippen LogP contribution in [0, 0.1) is 5.82 Å². The first-order valence-corrected chi connectivity index (χ1v) is 8.53. The van der Waals surface area contributed by atoms with E-state index in [1.807, 2.05) is 0 Å². The molecule has 0 atom stereocenters. The number of fused-ring (bicyclic) bond motifs is 1. The second-order valence-electron chi connectivity index (χ2n) is 5.89. The van der Waals surface area contributed by atoms with Crippen LogP contribution < -0.4 is 24.4 Å². The third-order valence-corrected chi connectivity index (χ3v) is 4.46. The number of ether oxygens (including phenoxy) is 3. The molecule has 0 radical (unpaired) electrons. The summed E-state index contributed by atoms with van der Waals surface area (Å²) >= 11 is 5.11. The number of anilines is 1. The van der Waals surface area contributed by atoms with E-state index in [-0.39, 0.29) is 17.5 Å². The van der Waals surface area contributed by atoms with Gasteiger partial charge in [0.25, 0.3) is 11.8 Å². The van der Waals surface area contributed by atoms with E-state index in [4.69, 9.17) is 26.4 Å².